The molecule has 0 aliphatic carbocycles. The van der Waals surface area contributed by atoms with Crippen molar-refractivity contribution in [1.82, 2.24) is 0 Å². The molecular weight excluding hydrogens is 244 g/mol. The van der Waals surface area contributed by atoms with Crippen molar-refractivity contribution in [3.63, 3.8) is 0 Å². The fourth-order valence-electron chi connectivity index (χ4n) is 0.666. The van der Waals surface area contributed by atoms with Crippen LogP contribution in [0.4, 0.5) is 0 Å². The molecule has 0 spiro atoms. The molecule has 1 aromatic rings. The van der Waals surface area contributed by atoms with Crippen molar-refractivity contribution in [2.75, 3.05) is 7.11 Å². The number of halogens is 1. The maximum Gasteiger partial charge on any atom is 0.375 e. The molecule has 1 heterocycles. The van der Waals surface area contributed by atoms with Crippen LogP contribution in [0.5, 0.6) is 5.75 Å². The quantitative estimate of drug-likeness (QED) is 0.748. The molecule has 0 bridgehead atoms. The molecule has 1 rings (SSSR count). The highest BCUT2D eigenvalue weighted by Crippen LogP contribution is 2.16. The van der Waals surface area contributed by atoms with E-state index in [0.717, 1.165) is 13.4 Å². The molecule has 0 radical (unpaired) electrons. The molecule has 0 fully saturated rings. The standard InChI is InChI=1S/C7H5BrO5/c1-12-7(11)6-4(8)5(10)3(9)2-13-6/h2,9H,1H3. The molecule has 13 heavy (non-hydrogen) atoms. The van der Waals surface area contributed by atoms with Gasteiger partial charge in [0, 0.05) is 0 Å². The van der Waals surface area contributed by atoms with E-state index in [1.54, 1.807) is 0 Å². The molecular formula is C7H5BrO5. The maximum absolute atomic E-state index is 11.0. The van der Waals surface area contributed by atoms with Crippen molar-refractivity contribution >= 4 is 21.9 Å². The predicted octanol–water partition coefficient (Wildman–Crippen LogP) is 0.894. The fourth-order valence-corrected chi connectivity index (χ4v) is 1.12. The first-order valence-electron chi connectivity index (χ1n) is 3.16. The van der Waals surface area contributed by atoms with E-state index in [-0.39, 0.29) is 10.2 Å². The van der Waals surface area contributed by atoms with Gasteiger partial charge in [-0.1, -0.05) is 0 Å². The van der Waals surface area contributed by atoms with Crippen molar-refractivity contribution in [2.45, 2.75) is 0 Å². The summed E-state index contributed by atoms with van der Waals surface area (Å²) in [6.45, 7) is 0. The van der Waals surface area contributed by atoms with Gasteiger partial charge in [0.05, 0.1) is 7.11 Å². The van der Waals surface area contributed by atoms with Crippen LogP contribution in [0.15, 0.2) is 19.9 Å². The zero-order chi connectivity index (χ0) is 10.0. The molecule has 0 unspecified atom stereocenters. The SMILES string of the molecule is COC(=O)c1occ(O)c(=O)c1Br. The Labute approximate surface area is 81.1 Å². The number of aromatic hydroxyl groups is 1. The lowest BCUT2D eigenvalue weighted by atomic mass is 10.4. The van der Waals surface area contributed by atoms with Crippen molar-refractivity contribution in [1.29, 1.82) is 0 Å². The van der Waals surface area contributed by atoms with Crippen LogP contribution < -0.4 is 5.43 Å². The highest BCUT2D eigenvalue weighted by molar-refractivity contribution is 9.10. The van der Waals surface area contributed by atoms with Gasteiger partial charge in [-0.05, 0) is 15.9 Å². The Balaban J connectivity index is 3.35. The molecule has 1 aromatic heterocycles. The molecule has 0 aliphatic heterocycles. The number of carbonyl (C=O) groups excluding carboxylic acids is 1. The van der Waals surface area contributed by atoms with Crippen LogP contribution in [-0.4, -0.2) is 18.2 Å². The van der Waals surface area contributed by atoms with Crippen molar-refractivity contribution in [3.8, 4) is 5.75 Å². The van der Waals surface area contributed by atoms with Crippen LogP contribution in [0.3, 0.4) is 0 Å². The van der Waals surface area contributed by atoms with Gasteiger partial charge < -0.3 is 14.3 Å². The van der Waals surface area contributed by atoms with E-state index >= 15 is 0 Å². The number of rotatable bonds is 1. The van der Waals surface area contributed by atoms with Gasteiger partial charge in [0.25, 0.3) is 0 Å². The maximum atomic E-state index is 11.0. The van der Waals surface area contributed by atoms with Gasteiger partial charge in [-0.25, -0.2) is 4.79 Å². The summed E-state index contributed by atoms with van der Waals surface area (Å²) in [5.74, 6) is -1.63. The summed E-state index contributed by atoms with van der Waals surface area (Å²) in [6, 6.07) is 0. The molecule has 5 nitrogen and oxygen atoms in total. The summed E-state index contributed by atoms with van der Waals surface area (Å²) in [4.78, 5) is 22.0. The van der Waals surface area contributed by atoms with Gasteiger partial charge in [0.15, 0.2) is 0 Å². The molecule has 1 N–H and O–H groups in total. The first kappa shape index (κ1) is 9.79. The van der Waals surface area contributed by atoms with E-state index in [9.17, 15) is 9.59 Å². The average molecular weight is 249 g/mol. The predicted molar refractivity (Wildman–Crippen MR) is 45.7 cm³/mol. The molecule has 0 amide bonds. The van der Waals surface area contributed by atoms with Gasteiger partial charge in [0.1, 0.15) is 10.7 Å². The molecule has 0 saturated carbocycles. The lowest BCUT2D eigenvalue weighted by Gasteiger charge is -1.99. The Hall–Kier alpha value is -1.30. The van der Waals surface area contributed by atoms with Gasteiger partial charge >= 0.3 is 5.97 Å². The second-order valence-electron chi connectivity index (χ2n) is 2.08. The van der Waals surface area contributed by atoms with Gasteiger partial charge in [-0.15, -0.1) is 0 Å². The molecule has 6 heteroatoms. The molecule has 70 valence electrons. The Kier molecular flexibility index (Phi) is 2.72. The highest BCUT2D eigenvalue weighted by atomic mass is 79.9. The van der Waals surface area contributed by atoms with Crippen molar-refractivity contribution < 1.29 is 19.1 Å². The van der Waals surface area contributed by atoms with E-state index < -0.39 is 17.1 Å². The van der Waals surface area contributed by atoms with Crippen LogP contribution in [0.25, 0.3) is 0 Å². The number of ether oxygens (including phenoxy) is 1. The average Bonchev–Trinajstić information content (AvgIpc) is 2.13. The number of hydrogen-bond donors (Lipinski definition) is 1. The zero-order valence-electron chi connectivity index (χ0n) is 6.54. The van der Waals surface area contributed by atoms with Crippen LogP contribution >= 0.6 is 15.9 Å². The van der Waals surface area contributed by atoms with E-state index in [1.165, 1.54) is 0 Å². The summed E-state index contributed by atoms with van der Waals surface area (Å²) >= 11 is 2.81. The van der Waals surface area contributed by atoms with E-state index in [0.29, 0.717) is 0 Å². The van der Waals surface area contributed by atoms with Crippen LogP contribution in [0, 0.1) is 0 Å². The Bertz CT molecular complexity index is 394. The fraction of sp³-hybridized carbons (Fsp3) is 0.143. The molecule has 0 saturated heterocycles. The molecule has 0 aliphatic rings. The van der Waals surface area contributed by atoms with Crippen molar-refractivity contribution in [3.05, 3.63) is 26.7 Å². The van der Waals surface area contributed by atoms with Crippen LogP contribution in [-0.2, 0) is 4.74 Å². The third-order valence-corrected chi connectivity index (χ3v) is 2.01. The first-order valence-corrected chi connectivity index (χ1v) is 3.95. The summed E-state index contributed by atoms with van der Waals surface area (Å²) in [7, 11) is 1.15. The third kappa shape index (κ3) is 1.72. The summed E-state index contributed by atoms with van der Waals surface area (Å²) < 4.78 is 8.83. The number of methoxy groups -OCH3 is 1. The Morgan fingerprint density at radius 3 is 2.85 bits per heavy atom. The van der Waals surface area contributed by atoms with Gasteiger partial charge in [0.2, 0.25) is 16.9 Å². The number of esters is 1. The zero-order valence-corrected chi connectivity index (χ0v) is 8.12. The van der Waals surface area contributed by atoms with E-state index in [4.69, 9.17) is 5.11 Å². The third-order valence-electron chi connectivity index (χ3n) is 1.29. The second-order valence-corrected chi connectivity index (χ2v) is 2.88. The first-order chi connectivity index (χ1) is 6.07. The number of hydrogen-bond acceptors (Lipinski definition) is 5. The summed E-state index contributed by atoms with van der Waals surface area (Å²) in [6.07, 6.45) is 0.777. The number of carbonyl (C=O) groups is 1. The smallest absolute Gasteiger partial charge is 0.375 e. The largest absolute Gasteiger partial charge is 0.502 e. The van der Waals surface area contributed by atoms with E-state index in [1.807, 2.05) is 0 Å². The molecule has 0 aromatic carbocycles. The van der Waals surface area contributed by atoms with Gasteiger partial charge in [-0.3, -0.25) is 4.79 Å². The lowest BCUT2D eigenvalue weighted by Crippen LogP contribution is -2.10. The minimum atomic E-state index is -0.788. The Morgan fingerprint density at radius 1 is 1.69 bits per heavy atom. The van der Waals surface area contributed by atoms with Crippen LogP contribution in [0.1, 0.15) is 10.6 Å². The monoisotopic (exact) mass is 248 g/mol. The minimum absolute atomic E-state index is 0.153. The lowest BCUT2D eigenvalue weighted by molar-refractivity contribution is 0.0559. The normalized spacial score (nSPS) is 9.69. The van der Waals surface area contributed by atoms with Gasteiger partial charge in [-0.2, -0.15) is 0 Å². The summed E-state index contributed by atoms with van der Waals surface area (Å²) in [5, 5.41) is 8.89. The van der Waals surface area contributed by atoms with Crippen molar-refractivity contribution in [2.24, 2.45) is 0 Å². The highest BCUT2D eigenvalue weighted by Gasteiger charge is 2.17. The minimum Gasteiger partial charge on any atom is -0.502 e. The molecule has 0 atom stereocenters. The van der Waals surface area contributed by atoms with Crippen LogP contribution in [0.2, 0.25) is 0 Å². The Morgan fingerprint density at radius 2 is 2.31 bits per heavy atom. The second kappa shape index (κ2) is 3.61. The topological polar surface area (TPSA) is 76.7 Å². The summed E-state index contributed by atoms with van der Waals surface area (Å²) in [5.41, 5.74) is -0.716. The van der Waals surface area contributed by atoms with E-state index in [2.05, 4.69) is 25.1 Å².